The highest BCUT2D eigenvalue weighted by atomic mass is 19.4. The number of alkyl halides is 3. The van der Waals surface area contributed by atoms with E-state index in [1.54, 1.807) is 6.92 Å². The Morgan fingerprint density at radius 3 is 2.41 bits per heavy atom. The zero-order valence-corrected chi connectivity index (χ0v) is 9.75. The summed E-state index contributed by atoms with van der Waals surface area (Å²) in [5, 5.41) is 9.91. The standard InChI is InChI=1S/C12H16F3NO/c1-3-7(2)11(17)9-6-8(12(13,14)15)4-5-10(9)16/h4-7,11,17H,3,16H2,1-2H3. The second-order valence-electron chi connectivity index (χ2n) is 4.17. The van der Waals surface area contributed by atoms with Crippen LogP contribution < -0.4 is 5.73 Å². The Hall–Kier alpha value is -1.23. The molecule has 0 amide bonds. The lowest BCUT2D eigenvalue weighted by Gasteiger charge is -2.20. The van der Waals surface area contributed by atoms with Gasteiger partial charge in [0, 0.05) is 11.3 Å². The van der Waals surface area contributed by atoms with E-state index in [0.717, 1.165) is 12.1 Å². The van der Waals surface area contributed by atoms with Crippen molar-refractivity contribution in [1.29, 1.82) is 0 Å². The van der Waals surface area contributed by atoms with Crippen LogP contribution in [0.4, 0.5) is 18.9 Å². The normalized spacial score (nSPS) is 15.6. The lowest BCUT2D eigenvalue weighted by Crippen LogP contribution is -2.13. The predicted octanol–water partition coefficient (Wildman–Crippen LogP) is 3.37. The maximum Gasteiger partial charge on any atom is 0.416 e. The molecular weight excluding hydrogens is 231 g/mol. The van der Waals surface area contributed by atoms with Gasteiger partial charge in [0.25, 0.3) is 0 Å². The summed E-state index contributed by atoms with van der Waals surface area (Å²) in [4.78, 5) is 0. The maximum absolute atomic E-state index is 12.5. The lowest BCUT2D eigenvalue weighted by atomic mass is 9.93. The summed E-state index contributed by atoms with van der Waals surface area (Å²) < 4.78 is 37.6. The van der Waals surface area contributed by atoms with Crippen LogP contribution in [0.3, 0.4) is 0 Å². The first kappa shape index (κ1) is 13.8. The fraction of sp³-hybridized carbons (Fsp3) is 0.500. The predicted molar refractivity (Wildman–Crippen MR) is 60.3 cm³/mol. The van der Waals surface area contributed by atoms with Gasteiger partial charge in [0.1, 0.15) is 0 Å². The Morgan fingerprint density at radius 1 is 1.35 bits per heavy atom. The fourth-order valence-electron chi connectivity index (χ4n) is 1.54. The molecule has 0 radical (unpaired) electrons. The Morgan fingerprint density at radius 2 is 1.94 bits per heavy atom. The van der Waals surface area contributed by atoms with Gasteiger partial charge in [-0.1, -0.05) is 20.3 Å². The topological polar surface area (TPSA) is 46.2 Å². The first-order chi connectivity index (χ1) is 7.77. The van der Waals surface area contributed by atoms with Crippen molar-refractivity contribution in [3.63, 3.8) is 0 Å². The molecule has 3 N–H and O–H groups in total. The van der Waals surface area contributed by atoms with Crippen LogP contribution in [0.5, 0.6) is 0 Å². The number of aliphatic hydroxyl groups excluding tert-OH is 1. The van der Waals surface area contributed by atoms with Gasteiger partial charge >= 0.3 is 6.18 Å². The Labute approximate surface area is 98.3 Å². The van der Waals surface area contributed by atoms with Gasteiger partial charge in [0.2, 0.25) is 0 Å². The summed E-state index contributed by atoms with van der Waals surface area (Å²) in [5.74, 6) is -0.138. The van der Waals surface area contributed by atoms with Gasteiger partial charge in [-0.3, -0.25) is 0 Å². The molecule has 0 bridgehead atoms. The van der Waals surface area contributed by atoms with E-state index in [1.165, 1.54) is 6.07 Å². The van der Waals surface area contributed by atoms with Crippen LogP contribution in [-0.4, -0.2) is 5.11 Å². The second-order valence-corrected chi connectivity index (χ2v) is 4.17. The lowest BCUT2D eigenvalue weighted by molar-refractivity contribution is -0.137. The van der Waals surface area contributed by atoms with Crippen molar-refractivity contribution in [3.8, 4) is 0 Å². The number of halogens is 3. The van der Waals surface area contributed by atoms with Crippen molar-refractivity contribution in [3.05, 3.63) is 29.3 Å². The molecule has 0 aliphatic carbocycles. The molecule has 17 heavy (non-hydrogen) atoms. The second kappa shape index (κ2) is 4.96. The molecule has 0 spiro atoms. The van der Waals surface area contributed by atoms with Crippen LogP contribution in [0.15, 0.2) is 18.2 Å². The van der Waals surface area contributed by atoms with Crippen LogP contribution in [0.2, 0.25) is 0 Å². The third-order valence-electron chi connectivity index (χ3n) is 2.92. The third kappa shape index (κ3) is 3.12. The number of aliphatic hydroxyl groups is 1. The largest absolute Gasteiger partial charge is 0.416 e. The Balaban J connectivity index is 3.15. The van der Waals surface area contributed by atoms with Crippen LogP contribution >= 0.6 is 0 Å². The van der Waals surface area contributed by atoms with Crippen molar-refractivity contribution in [2.45, 2.75) is 32.5 Å². The highest BCUT2D eigenvalue weighted by molar-refractivity contribution is 5.50. The maximum atomic E-state index is 12.5. The van der Waals surface area contributed by atoms with E-state index in [0.29, 0.717) is 6.42 Å². The van der Waals surface area contributed by atoms with E-state index in [4.69, 9.17) is 5.73 Å². The Bertz CT molecular complexity index is 390. The summed E-state index contributed by atoms with van der Waals surface area (Å²) in [6, 6.07) is 3.03. The number of hydrogen-bond donors (Lipinski definition) is 2. The monoisotopic (exact) mass is 247 g/mol. The summed E-state index contributed by atoms with van der Waals surface area (Å²) >= 11 is 0. The molecule has 1 aromatic rings. The minimum Gasteiger partial charge on any atom is -0.398 e. The molecule has 2 nitrogen and oxygen atoms in total. The molecule has 0 saturated carbocycles. The van der Waals surface area contributed by atoms with Gasteiger partial charge in [0.15, 0.2) is 0 Å². The van der Waals surface area contributed by atoms with E-state index >= 15 is 0 Å². The SMILES string of the molecule is CCC(C)C(O)c1cc(C(F)(F)F)ccc1N. The summed E-state index contributed by atoms with van der Waals surface area (Å²) in [6.07, 6.45) is -4.73. The average Bonchev–Trinajstić information content (AvgIpc) is 2.26. The van der Waals surface area contributed by atoms with Gasteiger partial charge in [-0.15, -0.1) is 0 Å². The van der Waals surface area contributed by atoms with E-state index in [1.807, 2.05) is 6.92 Å². The van der Waals surface area contributed by atoms with Gasteiger partial charge in [-0.25, -0.2) is 0 Å². The first-order valence-electron chi connectivity index (χ1n) is 5.42. The van der Waals surface area contributed by atoms with E-state index in [2.05, 4.69) is 0 Å². The van der Waals surface area contributed by atoms with Crippen molar-refractivity contribution in [2.24, 2.45) is 5.92 Å². The number of hydrogen-bond acceptors (Lipinski definition) is 2. The van der Waals surface area contributed by atoms with Crippen LogP contribution in [0.25, 0.3) is 0 Å². The number of nitrogen functional groups attached to an aromatic ring is 1. The van der Waals surface area contributed by atoms with Gasteiger partial charge < -0.3 is 10.8 Å². The van der Waals surface area contributed by atoms with Crippen molar-refractivity contribution in [1.82, 2.24) is 0 Å². The van der Waals surface area contributed by atoms with Crippen LogP contribution in [0, 0.1) is 5.92 Å². The molecule has 1 rings (SSSR count). The molecule has 0 aliphatic rings. The molecule has 96 valence electrons. The van der Waals surface area contributed by atoms with Gasteiger partial charge in [-0.05, 0) is 24.1 Å². The molecule has 0 aromatic heterocycles. The van der Waals surface area contributed by atoms with E-state index in [9.17, 15) is 18.3 Å². The molecule has 5 heteroatoms. The smallest absolute Gasteiger partial charge is 0.398 e. The van der Waals surface area contributed by atoms with E-state index in [-0.39, 0.29) is 17.2 Å². The number of rotatable bonds is 3. The van der Waals surface area contributed by atoms with Crippen molar-refractivity contribution in [2.75, 3.05) is 5.73 Å². The number of anilines is 1. The van der Waals surface area contributed by atoms with Crippen molar-refractivity contribution < 1.29 is 18.3 Å². The molecule has 0 heterocycles. The molecule has 0 fully saturated rings. The average molecular weight is 247 g/mol. The molecule has 1 aromatic carbocycles. The summed E-state index contributed by atoms with van der Waals surface area (Å²) in [6.45, 7) is 3.63. The van der Waals surface area contributed by atoms with Gasteiger partial charge in [0.05, 0.1) is 11.7 Å². The minimum atomic E-state index is -4.42. The van der Waals surface area contributed by atoms with Crippen LogP contribution in [-0.2, 0) is 6.18 Å². The fourth-order valence-corrected chi connectivity index (χ4v) is 1.54. The van der Waals surface area contributed by atoms with Crippen molar-refractivity contribution >= 4 is 5.69 Å². The molecule has 0 saturated heterocycles. The molecule has 0 aliphatic heterocycles. The first-order valence-corrected chi connectivity index (χ1v) is 5.42. The minimum absolute atomic E-state index is 0.138. The zero-order chi connectivity index (χ0) is 13.2. The molecule has 2 unspecified atom stereocenters. The zero-order valence-electron chi connectivity index (χ0n) is 9.75. The number of nitrogens with two attached hydrogens (primary N) is 1. The van der Waals surface area contributed by atoms with E-state index < -0.39 is 17.8 Å². The molecular formula is C12H16F3NO. The highest BCUT2D eigenvalue weighted by Crippen LogP contribution is 2.35. The summed E-state index contributed by atoms with van der Waals surface area (Å²) in [5.41, 5.74) is 5.14. The highest BCUT2D eigenvalue weighted by Gasteiger charge is 2.31. The summed E-state index contributed by atoms with van der Waals surface area (Å²) in [7, 11) is 0. The third-order valence-corrected chi connectivity index (χ3v) is 2.92. The number of benzene rings is 1. The van der Waals surface area contributed by atoms with Crippen LogP contribution in [0.1, 0.15) is 37.5 Å². The molecule has 2 atom stereocenters. The Kier molecular flexibility index (Phi) is 4.03. The van der Waals surface area contributed by atoms with Gasteiger partial charge in [-0.2, -0.15) is 13.2 Å². The quantitative estimate of drug-likeness (QED) is 0.804.